The van der Waals surface area contributed by atoms with E-state index >= 15 is 0 Å². The average molecular weight is 440 g/mol. The van der Waals surface area contributed by atoms with Gasteiger partial charge in [-0.15, -0.1) is 0 Å². The van der Waals surface area contributed by atoms with E-state index in [2.05, 4.69) is 9.93 Å². The number of nitrogens with one attached hydrogen (secondary N) is 1. The van der Waals surface area contributed by atoms with Gasteiger partial charge in [0.25, 0.3) is 10.0 Å². The minimum Gasteiger partial charge on any atom is -0.490 e. The van der Waals surface area contributed by atoms with Gasteiger partial charge in [0.1, 0.15) is 5.75 Å². The highest BCUT2D eigenvalue weighted by Crippen LogP contribution is 2.24. The Kier molecular flexibility index (Phi) is 7.04. The van der Waals surface area contributed by atoms with Gasteiger partial charge in [-0.3, -0.25) is 0 Å². The van der Waals surface area contributed by atoms with Crippen LogP contribution in [0.5, 0.6) is 5.75 Å². The molecular weight excluding hydrogens is 414 g/mol. The molecule has 10 heteroatoms. The number of hydrogen-bond acceptors (Lipinski definition) is 6. The van der Waals surface area contributed by atoms with Crippen LogP contribution in [-0.2, 0) is 20.0 Å². The predicted octanol–water partition coefficient (Wildman–Crippen LogP) is 2.34. The van der Waals surface area contributed by atoms with Crippen LogP contribution in [0.2, 0.25) is 0 Å². The fraction of sp³-hybridized carbons (Fsp3) is 0.316. The lowest BCUT2D eigenvalue weighted by atomic mass is 10.2. The van der Waals surface area contributed by atoms with Gasteiger partial charge in [0.05, 0.1) is 22.1 Å². The monoisotopic (exact) mass is 439 g/mol. The maximum Gasteiger partial charge on any atom is 0.276 e. The van der Waals surface area contributed by atoms with Gasteiger partial charge in [-0.05, 0) is 51.1 Å². The molecule has 158 valence electrons. The van der Waals surface area contributed by atoms with Gasteiger partial charge < -0.3 is 4.74 Å². The average Bonchev–Trinajstić information content (AvgIpc) is 2.62. The van der Waals surface area contributed by atoms with Crippen molar-refractivity contribution in [1.29, 1.82) is 0 Å². The Morgan fingerprint density at radius 1 is 1.00 bits per heavy atom. The van der Waals surface area contributed by atoms with Gasteiger partial charge in [0, 0.05) is 19.7 Å². The molecule has 0 aliphatic carbocycles. The molecule has 0 aliphatic heterocycles. The number of hydrazone groups is 1. The van der Waals surface area contributed by atoms with E-state index in [1.165, 1.54) is 50.6 Å². The molecule has 0 saturated carbocycles. The van der Waals surface area contributed by atoms with Crippen molar-refractivity contribution in [1.82, 2.24) is 9.14 Å². The fourth-order valence-electron chi connectivity index (χ4n) is 2.30. The van der Waals surface area contributed by atoms with Crippen LogP contribution in [0.25, 0.3) is 0 Å². The van der Waals surface area contributed by atoms with E-state index in [1.807, 2.05) is 20.8 Å². The largest absolute Gasteiger partial charge is 0.490 e. The van der Waals surface area contributed by atoms with Crippen molar-refractivity contribution in [3.05, 3.63) is 53.6 Å². The summed E-state index contributed by atoms with van der Waals surface area (Å²) in [7, 11) is -4.66. The molecule has 0 aliphatic rings. The minimum absolute atomic E-state index is 0.0430. The standard InChI is InChI=1S/C19H25N3O5S2/c1-14(2)27-19-11-10-18(29(25,26)22(4)5)12-16(19)13-20-21-28(23,24)17-8-6-15(3)7-9-17/h6-14,21H,1-5H3. The summed E-state index contributed by atoms with van der Waals surface area (Å²) in [5, 5.41) is 3.80. The molecule has 0 aromatic heterocycles. The highest BCUT2D eigenvalue weighted by Gasteiger charge is 2.19. The number of nitrogens with zero attached hydrogens (tertiary/aromatic N) is 2. The molecule has 8 nitrogen and oxygen atoms in total. The molecule has 1 N–H and O–H groups in total. The molecule has 29 heavy (non-hydrogen) atoms. The molecule has 0 spiro atoms. The lowest BCUT2D eigenvalue weighted by Crippen LogP contribution is -2.22. The molecule has 0 unspecified atom stereocenters. The maximum atomic E-state index is 12.4. The summed E-state index contributed by atoms with van der Waals surface area (Å²) in [4.78, 5) is 2.25. The third kappa shape index (κ3) is 5.78. The Hall–Kier alpha value is -2.43. The Morgan fingerprint density at radius 3 is 2.14 bits per heavy atom. The second kappa shape index (κ2) is 8.93. The first-order valence-electron chi connectivity index (χ1n) is 8.78. The topological polar surface area (TPSA) is 105 Å². The summed E-state index contributed by atoms with van der Waals surface area (Å²) in [6, 6.07) is 10.7. The van der Waals surface area contributed by atoms with Crippen LogP contribution in [0.4, 0.5) is 0 Å². The van der Waals surface area contributed by atoms with Gasteiger partial charge in [-0.2, -0.15) is 13.5 Å². The maximum absolute atomic E-state index is 12.4. The number of hydrogen-bond donors (Lipinski definition) is 1. The second-order valence-electron chi connectivity index (χ2n) is 6.82. The molecule has 0 fully saturated rings. The van der Waals surface area contributed by atoms with Crippen LogP contribution in [0.15, 0.2) is 57.4 Å². The lowest BCUT2D eigenvalue weighted by Gasteiger charge is -2.15. The number of sulfonamides is 2. The zero-order chi connectivity index (χ0) is 21.8. The highest BCUT2D eigenvalue weighted by atomic mass is 32.2. The first-order chi connectivity index (χ1) is 13.4. The summed E-state index contributed by atoms with van der Waals surface area (Å²) >= 11 is 0. The van der Waals surface area contributed by atoms with E-state index in [0.29, 0.717) is 11.3 Å². The molecule has 0 radical (unpaired) electrons. The first kappa shape index (κ1) is 22.9. The van der Waals surface area contributed by atoms with E-state index in [-0.39, 0.29) is 15.9 Å². The summed E-state index contributed by atoms with van der Waals surface area (Å²) in [5.41, 5.74) is 1.26. The summed E-state index contributed by atoms with van der Waals surface area (Å²) in [6.07, 6.45) is 1.06. The normalized spacial score (nSPS) is 12.7. The summed E-state index contributed by atoms with van der Waals surface area (Å²) in [5.74, 6) is 0.385. The SMILES string of the molecule is Cc1ccc(S(=O)(=O)NN=Cc2cc(S(=O)(=O)N(C)C)ccc2OC(C)C)cc1. The predicted molar refractivity (Wildman–Crippen MR) is 112 cm³/mol. The van der Waals surface area contributed by atoms with Crippen LogP contribution in [0, 0.1) is 6.92 Å². The molecule has 0 heterocycles. The van der Waals surface area contributed by atoms with Crippen LogP contribution < -0.4 is 9.57 Å². The van der Waals surface area contributed by atoms with E-state index in [1.54, 1.807) is 12.1 Å². The Labute approximate surface area is 172 Å². The molecular formula is C19H25N3O5S2. The van der Waals surface area contributed by atoms with Gasteiger partial charge in [-0.1, -0.05) is 17.7 Å². The number of aryl methyl sites for hydroxylation is 1. The highest BCUT2D eigenvalue weighted by molar-refractivity contribution is 7.89. The van der Waals surface area contributed by atoms with Crippen LogP contribution >= 0.6 is 0 Å². The molecule has 0 atom stereocenters. The van der Waals surface area contributed by atoms with Crippen molar-refractivity contribution in [2.45, 2.75) is 36.7 Å². The minimum atomic E-state index is -3.85. The van der Waals surface area contributed by atoms with Crippen molar-refractivity contribution in [3.63, 3.8) is 0 Å². The molecule has 0 bridgehead atoms. The van der Waals surface area contributed by atoms with Crippen LogP contribution in [0.3, 0.4) is 0 Å². The Balaban J connectivity index is 2.36. The van der Waals surface area contributed by atoms with Crippen molar-refractivity contribution in [2.75, 3.05) is 14.1 Å². The van der Waals surface area contributed by atoms with E-state index < -0.39 is 20.0 Å². The van der Waals surface area contributed by atoms with Crippen molar-refractivity contribution in [3.8, 4) is 5.75 Å². The zero-order valence-corrected chi connectivity index (χ0v) is 18.6. The first-order valence-corrected chi connectivity index (χ1v) is 11.7. The van der Waals surface area contributed by atoms with Gasteiger partial charge in [0.2, 0.25) is 10.0 Å². The molecule has 2 rings (SSSR count). The number of benzene rings is 2. The fourth-order valence-corrected chi connectivity index (χ4v) is 4.02. The Morgan fingerprint density at radius 2 is 1.59 bits per heavy atom. The van der Waals surface area contributed by atoms with Gasteiger partial charge in [-0.25, -0.2) is 17.6 Å². The molecule has 0 amide bonds. The smallest absolute Gasteiger partial charge is 0.276 e. The molecule has 0 saturated heterocycles. The van der Waals surface area contributed by atoms with Crippen LogP contribution in [-0.4, -0.2) is 47.6 Å². The van der Waals surface area contributed by atoms with E-state index in [0.717, 1.165) is 9.87 Å². The third-order valence-electron chi connectivity index (χ3n) is 3.83. The Bertz CT molecular complexity index is 1090. The number of ether oxygens (including phenoxy) is 1. The number of rotatable bonds is 8. The second-order valence-corrected chi connectivity index (χ2v) is 10.6. The van der Waals surface area contributed by atoms with E-state index in [9.17, 15) is 16.8 Å². The quantitative estimate of drug-likeness (QED) is 0.502. The van der Waals surface area contributed by atoms with Crippen molar-refractivity contribution < 1.29 is 21.6 Å². The summed E-state index contributed by atoms with van der Waals surface area (Å²) < 4.78 is 56.3. The summed E-state index contributed by atoms with van der Waals surface area (Å²) in [6.45, 7) is 5.50. The molecule has 2 aromatic carbocycles. The third-order valence-corrected chi connectivity index (χ3v) is 6.88. The molecule has 2 aromatic rings. The van der Waals surface area contributed by atoms with E-state index in [4.69, 9.17) is 4.74 Å². The zero-order valence-electron chi connectivity index (χ0n) is 16.9. The van der Waals surface area contributed by atoms with Crippen molar-refractivity contribution >= 4 is 26.3 Å². The van der Waals surface area contributed by atoms with Crippen molar-refractivity contribution in [2.24, 2.45) is 5.10 Å². The van der Waals surface area contributed by atoms with Gasteiger partial charge in [0.15, 0.2) is 0 Å². The lowest BCUT2D eigenvalue weighted by molar-refractivity contribution is 0.242. The van der Waals surface area contributed by atoms with Crippen LogP contribution in [0.1, 0.15) is 25.0 Å². The van der Waals surface area contributed by atoms with Gasteiger partial charge >= 0.3 is 0 Å².